The third-order valence-electron chi connectivity index (χ3n) is 3.70. The first-order valence-electron chi connectivity index (χ1n) is 7.49. The highest BCUT2D eigenvalue weighted by Gasteiger charge is 2.12. The fraction of sp³-hybridized carbons (Fsp3) is 0.625. The van der Waals surface area contributed by atoms with Gasteiger partial charge in [-0.05, 0) is 31.0 Å². The predicted molar refractivity (Wildman–Crippen MR) is 89.5 cm³/mol. The van der Waals surface area contributed by atoms with Crippen LogP contribution in [0.15, 0.2) is 17.5 Å². The molecule has 0 fully saturated rings. The lowest BCUT2D eigenvalue weighted by molar-refractivity contribution is 0.503. The molecule has 0 saturated carbocycles. The van der Waals surface area contributed by atoms with Gasteiger partial charge in [-0.15, -0.1) is 22.7 Å². The summed E-state index contributed by atoms with van der Waals surface area (Å²) in [6, 6.07) is 5.17. The zero-order valence-electron chi connectivity index (χ0n) is 12.1. The van der Waals surface area contributed by atoms with Crippen LogP contribution in [0.4, 0.5) is 0 Å². The maximum Gasteiger partial charge on any atom is 0.0454 e. The van der Waals surface area contributed by atoms with Crippen LogP contribution < -0.4 is 5.32 Å². The van der Waals surface area contributed by atoms with Crippen LogP contribution in [0.3, 0.4) is 0 Å². The van der Waals surface area contributed by atoms with Crippen molar-refractivity contribution in [1.82, 2.24) is 5.32 Å². The first kappa shape index (κ1) is 15.0. The van der Waals surface area contributed by atoms with Crippen molar-refractivity contribution in [3.05, 3.63) is 22.4 Å². The van der Waals surface area contributed by atoms with Gasteiger partial charge in [0.05, 0.1) is 0 Å². The van der Waals surface area contributed by atoms with Crippen molar-refractivity contribution >= 4 is 32.1 Å². The Morgan fingerprint density at radius 1 is 1.11 bits per heavy atom. The molecule has 2 heterocycles. The van der Waals surface area contributed by atoms with Gasteiger partial charge in [-0.25, -0.2) is 0 Å². The van der Waals surface area contributed by atoms with E-state index in [1.54, 1.807) is 0 Å². The Balaban J connectivity index is 1.78. The van der Waals surface area contributed by atoms with Crippen molar-refractivity contribution in [3.8, 4) is 0 Å². The van der Waals surface area contributed by atoms with E-state index in [1.165, 1.54) is 59.2 Å². The molecule has 0 saturated heterocycles. The summed E-state index contributed by atoms with van der Waals surface area (Å²) >= 11 is 3.81. The summed E-state index contributed by atoms with van der Waals surface area (Å²) in [4.78, 5) is 1.51. The van der Waals surface area contributed by atoms with Crippen molar-refractivity contribution in [3.63, 3.8) is 0 Å². The molecular formula is C16H25NS2. The van der Waals surface area contributed by atoms with Crippen molar-refractivity contribution in [2.75, 3.05) is 7.05 Å². The van der Waals surface area contributed by atoms with E-state index < -0.39 is 0 Å². The number of nitrogens with one attached hydrogen (secondary N) is 1. The van der Waals surface area contributed by atoms with Gasteiger partial charge in [-0.2, -0.15) is 0 Å². The fourth-order valence-corrected chi connectivity index (χ4v) is 4.78. The van der Waals surface area contributed by atoms with E-state index in [9.17, 15) is 0 Å². The van der Waals surface area contributed by atoms with E-state index in [1.807, 2.05) is 22.7 Å². The molecule has 2 aromatic rings. The normalized spacial score (nSPS) is 13.2. The number of fused-ring (bicyclic) bond motifs is 1. The molecule has 1 atom stereocenters. The second-order valence-electron chi connectivity index (χ2n) is 5.20. The largest absolute Gasteiger partial charge is 0.312 e. The average Bonchev–Trinajstić information content (AvgIpc) is 2.99. The summed E-state index contributed by atoms with van der Waals surface area (Å²) in [5.74, 6) is 0. The lowest BCUT2D eigenvalue weighted by Gasteiger charge is -2.14. The summed E-state index contributed by atoms with van der Waals surface area (Å²) in [6.07, 6.45) is 9.57. The summed E-state index contributed by atoms with van der Waals surface area (Å²) in [7, 11) is 2.09. The van der Waals surface area contributed by atoms with Crippen LogP contribution in [0, 0.1) is 0 Å². The Labute approximate surface area is 125 Å². The maximum atomic E-state index is 3.49. The van der Waals surface area contributed by atoms with Crippen LogP contribution in [0.5, 0.6) is 0 Å². The Hall–Kier alpha value is -0.380. The smallest absolute Gasteiger partial charge is 0.0454 e. The van der Waals surface area contributed by atoms with Crippen LogP contribution in [-0.2, 0) is 0 Å². The van der Waals surface area contributed by atoms with Gasteiger partial charge in [0.25, 0.3) is 0 Å². The molecule has 2 rings (SSSR count). The molecule has 1 N–H and O–H groups in total. The highest BCUT2D eigenvalue weighted by atomic mass is 32.1. The molecule has 0 aliphatic carbocycles. The molecule has 1 nitrogen and oxygen atoms in total. The van der Waals surface area contributed by atoms with Gasteiger partial charge in [0.15, 0.2) is 0 Å². The Morgan fingerprint density at radius 2 is 1.89 bits per heavy atom. The maximum absolute atomic E-state index is 3.49. The van der Waals surface area contributed by atoms with Gasteiger partial charge in [0.1, 0.15) is 0 Å². The number of hydrogen-bond acceptors (Lipinski definition) is 3. The quantitative estimate of drug-likeness (QED) is 0.562. The number of rotatable bonds is 9. The molecule has 106 valence electrons. The van der Waals surface area contributed by atoms with Crippen LogP contribution in [-0.4, -0.2) is 7.05 Å². The molecule has 0 aliphatic rings. The van der Waals surface area contributed by atoms with E-state index >= 15 is 0 Å². The second kappa shape index (κ2) is 8.03. The SMILES string of the molecule is CCCCCCCCC(NC)c1cc2sccc2s1. The topological polar surface area (TPSA) is 12.0 Å². The fourth-order valence-electron chi connectivity index (χ4n) is 2.51. The highest BCUT2D eigenvalue weighted by molar-refractivity contribution is 7.26. The third kappa shape index (κ3) is 4.30. The van der Waals surface area contributed by atoms with Crippen LogP contribution in [0.25, 0.3) is 9.40 Å². The lowest BCUT2D eigenvalue weighted by atomic mass is 10.0. The zero-order valence-corrected chi connectivity index (χ0v) is 13.7. The molecule has 0 radical (unpaired) electrons. The number of hydrogen-bond donors (Lipinski definition) is 1. The summed E-state index contributed by atoms with van der Waals surface area (Å²) in [6.45, 7) is 2.28. The molecule has 2 aromatic heterocycles. The molecule has 1 unspecified atom stereocenters. The van der Waals surface area contributed by atoms with Gasteiger partial charge < -0.3 is 5.32 Å². The van der Waals surface area contributed by atoms with E-state index in [-0.39, 0.29) is 0 Å². The third-order valence-corrected chi connectivity index (χ3v) is 5.90. The Kier molecular flexibility index (Phi) is 6.35. The molecule has 19 heavy (non-hydrogen) atoms. The average molecular weight is 296 g/mol. The summed E-state index contributed by atoms with van der Waals surface area (Å²) < 4.78 is 2.89. The van der Waals surface area contributed by atoms with Crippen molar-refractivity contribution in [2.45, 2.75) is 57.9 Å². The van der Waals surface area contributed by atoms with E-state index in [4.69, 9.17) is 0 Å². The first-order chi connectivity index (χ1) is 9.35. The molecule has 0 spiro atoms. The minimum Gasteiger partial charge on any atom is -0.312 e. The molecule has 3 heteroatoms. The van der Waals surface area contributed by atoms with Gasteiger partial charge in [0.2, 0.25) is 0 Å². The molecule has 0 aromatic carbocycles. The molecule has 0 aliphatic heterocycles. The first-order valence-corrected chi connectivity index (χ1v) is 9.19. The monoisotopic (exact) mass is 295 g/mol. The Bertz CT molecular complexity index is 443. The van der Waals surface area contributed by atoms with Crippen molar-refractivity contribution < 1.29 is 0 Å². The van der Waals surface area contributed by atoms with Crippen molar-refractivity contribution in [1.29, 1.82) is 0 Å². The second-order valence-corrected chi connectivity index (χ2v) is 7.26. The van der Waals surface area contributed by atoms with Gasteiger partial charge in [0, 0.05) is 20.3 Å². The molecule has 0 bridgehead atoms. The Morgan fingerprint density at radius 3 is 2.63 bits per heavy atom. The van der Waals surface area contributed by atoms with Crippen LogP contribution in [0.2, 0.25) is 0 Å². The summed E-state index contributed by atoms with van der Waals surface area (Å²) in [5, 5.41) is 5.67. The van der Waals surface area contributed by atoms with Crippen molar-refractivity contribution in [2.24, 2.45) is 0 Å². The van der Waals surface area contributed by atoms with E-state index in [0.717, 1.165) is 0 Å². The molecular weight excluding hydrogens is 270 g/mol. The minimum absolute atomic E-state index is 0.552. The highest BCUT2D eigenvalue weighted by Crippen LogP contribution is 2.34. The predicted octanol–water partition coefficient (Wildman–Crippen LogP) is 5.97. The minimum atomic E-state index is 0.552. The standard InChI is InChI=1S/C16H25NS2/c1-3-4-5-6-7-8-9-13(17-2)15-12-16-14(19-15)10-11-18-16/h10-13,17H,3-9H2,1-2H3. The van der Waals surface area contributed by atoms with E-state index in [0.29, 0.717) is 6.04 Å². The summed E-state index contributed by atoms with van der Waals surface area (Å²) in [5.41, 5.74) is 0. The van der Waals surface area contributed by atoms with Gasteiger partial charge >= 0.3 is 0 Å². The van der Waals surface area contributed by atoms with E-state index in [2.05, 4.69) is 36.8 Å². The number of thiophene rings is 2. The van der Waals surface area contributed by atoms with Crippen LogP contribution >= 0.6 is 22.7 Å². The zero-order chi connectivity index (χ0) is 13.5. The van der Waals surface area contributed by atoms with Gasteiger partial charge in [-0.3, -0.25) is 0 Å². The molecule has 0 amide bonds. The van der Waals surface area contributed by atoms with Crippen LogP contribution in [0.1, 0.15) is 62.8 Å². The lowest BCUT2D eigenvalue weighted by Crippen LogP contribution is -2.14. The number of unbranched alkanes of at least 4 members (excludes halogenated alkanes) is 5. The van der Waals surface area contributed by atoms with Gasteiger partial charge in [-0.1, -0.05) is 45.4 Å².